The molecule has 0 aliphatic heterocycles. The Kier molecular flexibility index (Phi) is 5.24. The first-order chi connectivity index (χ1) is 18.2. The highest BCUT2D eigenvalue weighted by Gasteiger charge is 2.61. The van der Waals surface area contributed by atoms with Crippen LogP contribution in [0.4, 0.5) is 21.0 Å². The van der Waals surface area contributed by atoms with E-state index < -0.39 is 0 Å². The third kappa shape index (κ3) is 4.54. The minimum absolute atomic E-state index is 0.0934. The number of carbonyl (C=O) groups is 2. The molecule has 6 heteroatoms. The van der Waals surface area contributed by atoms with Crippen molar-refractivity contribution in [1.82, 2.24) is 10.6 Å². The molecule has 8 fully saturated rings. The summed E-state index contributed by atoms with van der Waals surface area (Å²) in [7, 11) is 0. The van der Waals surface area contributed by atoms with Crippen LogP contribution in [0.15, 0.2) is 18.2 Å². The molecular weight excluding hydrogens is 484 g/mol. The van der Waals surface area contributed by atoms with Gasteiger partial charge in [-0.05, 0) is 135 Å². The fourth-order valence-corrected chi connectivity index (χ4v) is 12.8. The van der Waals surface area contributed by atoms with Crippen molar-refractivity contribution >= 4 is 23.4 Å². The number of hydrogen-bond acceptors (Lipinski definition) is 2. The summed E-state index contributed by atoms with van der Waals surface area (Å²) in [6.45, 7) is 11.7. The number of aryl methyl sites for hydroxylation is 1. The van der Waals surface area contributed by atoms with Gasteiger partial charge in [0.15, 0.2) is 0 Å². The lowest BCUT2D eigenvalue weighted by Gasteiger charge is -2.65. The molecule has 4 unspecified atom stereocenters. The second kappa shape index (κ2) is 7.94. The van der Waals surface area contributed by atoms with Crippen molar-refractivity contribution in [2.75, 3.05) is 10.6 Å². The lowest BCUT2D eigenvalue weighted by Crippen LogP contribution is -2.65. The summed E-state index contributed by atoms with van der Waals surface area (Å²) in [5, 5.41) is 13.1. The molecule has 1 aromatic carbocycles. The number of carbonyl (C=O) groups excluding carboxylic acids is 2. The van der Waals surface area contributed by atoms with Gasteiger partial charge in [-0.1, -0.05) is 33.8 Å². The topological polar surface area (TPSA) is 82.3 Å². The normalized spacial score (nSPS) is 46.7. The van der Waals surface area contributed by atoms with E-state index in [2.05, 4.69) is 49.0 Å². The Morgan fingerprint density at radius 1 is 0.641 bits per heavy atom. The Morgan fingerprint density at radius 2 is 1.08 bits per heavy atom. The molecule has 8 aliphatic rings. The van der Waals surface area contributed by atoms with Crippen LogP contribution in [0.3, 0.4) is 0 Å². The highest BCUT2D eigenvalue weighted by atomic mass is 16.2. The Hall–Kier alpha value is -2.24. The van der Waals surface area contributed by atoms with Gasteiger partial charge in [0, 0.05) is 22.5 Å². The summed E-state index contributed by atoms with van der Waals surface area (Å²) in [6, 6.07) is 5.56. The molecule has 8 bridgehead atoms. The van der Waals surface area contributed by atoms with E-state index in [0.29, 0.717) is 27.3 Å². The van der Waals surface area contributed by atoms with E-state index >= 15 is 0 Å². The Bertz CT molecular complexity index is 1200. The van der Waals surface area contributed by atoms with E-state index in [1.54, 1.807) is 0 Å². The zero-order valence-corrected chi connectivity index (χ0v) is 24.7. The molecule has 0 aromatic heterocycles. The van der Waals surface area contributed by atoms with Gasteiger partial charge in [0.2, 0.25) is 0 Å². The molecular formula is C33H48N4O2. The number of hydrogen-bond donors (Lipinski definition) is 4. The van der Waals surface area contributed by atoms with Crippen LogP contribution in [-0.2, 0) is 0 Å². The second-order valence-corrected chi connectivity index (χ2v) is 17.0. The molecule has 0 saturated heterocycles. The van der Waals surface area contributed by atoms with Gasteiger partial charge >= 0.3 is 12.1 Å². The smallest absolute Gasteiger partial charge is 0.319 e. The van der Waals surface area contributed by atoms with Crippen molar-refractivity contribution in [3.05, 3.63) is 23.8 Å². The largest absolute Gasteiger partial charge is 0.332 e. The predicted molar refractivity (Wildman–Crippen MR) is 156 cm³/mol. The summed E-state index contributed by atoms with van der Waals surface area (Å²) in [4.78, 5) is 26.6. The highest BCUT2D eigenvalue weighted by Crippen LogP contribution is 2.67. The summed E-state index contributed by atoms with van der Waals surface area (Å²) >= 11 is 0. The quantitative estimate of drug-likeness (QED) is 0.320. The van der Waals surface area contributed by atoms with E-state index in [0.717, 1.165) is 61.6 Å². The van der Waals surface area contributed by atoms with Gasteiger partial charge in [0.25, 0.3) is 0 Å². The van der Waals surface area contributed by atoms with Gasteiger partial charge < -0.3 is 21.3 Å². The molecule has 9 rings (SSSR count). The molecule has 39 heavy (non-hydrogen) atoms. The van der Waals surface area contributed by atoms with Crippen molar-refractivity contribution < 1.29 is 9.59 Å². The van der Waals surface area contributed by atoms with Crippen LogP contribution in [-0.4, -0.2) is 23.1 Å². The van der Waals surface area contributed by atoms with Crippen LogP contribution in [0, 0.1) is 40.4 Å². The molecule has 8 aliphatic carbocycles. The lowest BCUT2D eigenvalue weighted by molar-refractivity contribution is -0.113. The van der Waals surface area contributed by atoms with Gasteiger partial charge in [-0.2, -0.15) is 0 Å². The van der Waals surface area contributed by atoms with E-state index in [1.165, 1.54) is 38.5 Å². The fourth-order valence-electron chi connectivity index (χ4n) is 12.8. The molecule has 0 radical (unpaired) electrons. The maximum absolute atomic E-state index is 13.3. The standard InChI is InChI=1S/C33H48N4O2/c1-21-6-7-24(34-26(38)36-32-13-22-9-28(2,17-32)15-29(3,10-22)18-32)8-25(21)35-27(39)37-33-14-23-11-30(4,19-33)16-31(5,12-23)20-33/h6-8,22-23H,9-20H2,1-5H3,(H2,34,36,38)(H2,35,37,39)/t22?,23?,28-,29+,30-,31+,32?,33?. The maximum atomic E-state index is 13.3. The molecule has 8 saturated carbocycles. The van der Waals surface area contributed by atoms with Gasteiger partial charge in [-0.15, -0.1) is 0 Å². The van der Waals surface area contributed by atoms with Crippen LogP contribution in [0.1, 0.15) is 110 Å². The van der Waals surface area contributed by atoms with Crippen molar-refractivity contribution in [3.8, 4) is 0 Å². The Labute approximate surface area is 234 Å². The predicted octanol–water partition coefficient (Wildman–Crippen LogP) is 7.74. The average Bonchev–Trinajstić information content (AvgIpc) is 2.69. The zero-order valence-electron chi connectivity index (χ0n) is 24.7. The highest BCUT2D eigenvalue weighted by molar-refractivity contribution is 5.94. The summed E-state index contributed by atoms with van der Waals surface area (Å²) < 4.78 is 0. The van der Waals surface area contributed by atoms with Crippen LogP contribution in [0.25, 0.3) is 0 Å². The van der Waals surface area contributed by atoms with Crippen LogP contribution < -0.4 is 21.3 Å². The second-order valence-electron chi connectivity index (χ2n) is 17.0. The van der Waals surface area contributed by atoms with Gasteiger partial charge in [-0.3, -0.25) is 0 Å². The average molecular weight is 533 g/mol. The molecule has 1 aromatic rings. The maximum Gasteiger partial charge on any atom is 0.319 e. The fraction of sp³-hybridized carbons (Fsp3) is 0.758. The SMILES string of the molecule is Cc1ccc(NC(=O)NC23CC4C[C@@](C)(C2)C[C@](C)(C4)C3)cc1NC(=O)NC12CC3C[C@@](C)(C1)C[C@](C)(C3)C2. The monoisotopic (exact) mass is 532 g/mol. The van der Waals surface area contributed by atoms with E-state index in [9.17, 15) is 9.59 Å². The van der Waals surface area contributed by atoms with Gasteiger partial charge in [-0.25, -0.2) is 9.59 Å². The molecule has 212 valence electrons. The first kappa shape index (κ1) is 25.7. The molecule has 0 heterocycles. The summed E-state index contributed by atoms with van der Waals surface area (Å²) in [5.41, 5.74) is 3.66. The molecule has 4 N–H and O–H groups in total. The zero-order chi connectivity index (χ0) is 27.5. The van der Waals surface area contributed by atoms with Crippen molar-refractivity contribution in [2.45, 2.75) is 123 Å². The van der Waals surface area contributed by atoms with Crippen molar-refractivity contribution in [1.29, 1.82) is 0 Å². The minimum atomic E-state index is -0.126. The van der Waals surface area contributed by atoms with E-state index in [-0.39, 0.29) is 23.1 Å². The summed E-state index contributed by atoms with van der Waals surface area (Å²) in [5.74, 6) is 1.45. The number of anilines is 2. The van der Waals surface area contributed by atoms with E-state index in [1.807, 2.05) is 25.1 Å². The van der Waals surface area contributed by atoms with Gasteiger partial charge in [0.1, 0.15) is 0 Å². The number of urea groups is 2. The van der Waals surface area contributed by atoms with Crippen molar-refractivity contribution in [2.24, 2.45) is 33.5 Å². The van der Waals surface area contributed by atoms with Crippen molar-refractivity contribution in [3.63, 3.8) is 0 Å². The number of nitrogens with one attached hydrogen (secondary N) is 4. The third-order valence-electron chi connectivity index (χ3n) is 11.8. The molecule has 6 nitrogen and oxygen atoms in total. The summed E-state index contributed by atoms with van der Waals surface area (Å²) in [6.07, 6.45) is 14.4. The molecule has 8 atom stereocenters. The van der Waals surface area contributed by atoms with E-state index in [4.69, 9.17) is 0 Å². The minimum Gasteiger partial charge on any atom is -0.332 e. The number of rotatable bonds is 4. The number of benzene rings is 1. The van der Waals surface area contributed by atoms with Crippen LogP contribution in [0.5, 0.6) is 0 Å². The third-order valence-corrected chi connectivity index (χ3v) is 11.8. The van der Waals surface area contributed by atoms with Crippen LogP contribution in [0.2, 0.25) is 0 Å². The Balaban J connectivity index is 1.02. The first-order valence-corrected chi connectivity index (χ1v) is 15.5. The molecule has 4 amide bonds. The number of amides is 4. The Morgan fingerprint density at radius 3 is 1.51 bits per heavy atom. The van der Waals surface area contributed by atoms with Crippen LogP contribution >= 0.6 is 0 Å². The van der Waals surface area contributed by atoms with Gasteiger partial charge in [0.05, 0.1) is 0 Å². The lowest BCUT2D eigenvalue weighted by atomic mass is 9.43. The molecule has 0 spiro atoms. The first-order valence-electron chi connectivity index (χ1n) is 15.5.